The summed E-state index contributed by atoms with van der Waals surface area (Å²) in [5.74, 6) is 0. The van der Waals surface area contributed by atoms with E-state index in [-0.39, 0.29) is 74.4 Å². The highest BCUT2D eigenvalue weighted by Gasteiger charge is 1.60. The molecule has 0 amide bonds. The van der Waals surface area contributed by atoms with Gasteiger partial charge in [-0.25, -0.2) is 0 Å². The molecule has 0 aliphatic rings. The Kier molecular flexibility index (Phi) is 179. The van der Waals surface area contributed by atoms with Gasteiger partial charge in [0.25, 0.3) is 0 Å². The summed E-state index contributed by atoms with van der Waals surface area (Å²) in [4.78, 5) is 12.0. The number of nitrogens with zero attached hydrogens (tertiary/aromatic N) is 6. The molecule has 30 heavy (non-hydrogen) atoms. The summed E-state index contributed by atoms with van der Waals surface area (Å²) in [7, 11) is 36.0. The van der Waals surface area contributed by atoms with Crippen LogP contribution in [0.4, 0.5) is 0 Å². The number of halogens is 6. The molecule has 0 aliphatic heterocycles. The lowest BCUT2D eigenvalue weighted by atomic mass is 11.0. The van der Waals surface area contributed by atoms with Gasteiger partial charge in [0, 0.05) is 0 Å². The van der Waals surface area contributed by atoms with Gasteiger partial charge in [0.2, 0.25) is 0 Å². The first kappa shape index (κ1) is 77.1. The van der Waals surface area contributed by atoms with Crippen molar-refractivity contribution in [3.8, 4) is 0 Å². The van der Waals surface area contributed by atoms with Gasteiger partial charge in [-0.05, 0) is 127 Å². The van der Waals surface area contributed by atoms with E-state index in [0.29, 0.717) is 0 Å². The highest BCUT2D eigenvalue weighted by atomic mass is 35.5. The fraction of sp³-hybridized carbons (Fsp3) is 1.00. The summed E-state index contributed by atoms with van der Waals surface area (Å²) >= 11 is 0. The van der Waals surface area contributed by atoms with Crippen molar-refractivity contribution >= 4 is 74.4 Å². The SMILES string of the molecule is CN(C)C.CN(C)C.CN(C)C.CN(C)C.CN(C)C.CN(C)C.Cl.Cl.Cl.Cl.Cl.Cl. The van der Waals surface area contributed by atoms with Gasteiger partial charge in [0.15, 0.2) is 0 Å². The number of rotatable bonds is 0. The fourth-order valence-corrected chi connectivity index (χ4v) is 0. The molecule has 6 nitrogen and oxygen atoms in total. The number of hydrogen-bond acceptors (Lipinski definition) is 6. The molecule has 0 N–H and O–H groups in total. The Balaban J connectivity index is -0.0000000125. The Bertz CT molecular complexity index is 116. The molecule has 204 valence electrons. The molecular formula is C18H60Cl6N6. The molecule has 0 heterocycles. The van der Waals surface area contributed by atoms with Crippen LogP contribution in [0.15, 0.2) is 0 Å². The van der Waals surface area contributed by atoms with Gasteiger partial charge in [0.05, 0.1) is 0 Å². The molecule has 0 aromatic heterocycles. The summed E-state index contributed by atoms with van der Waals surface area (Å²) in [6.07, 6.45) is 0. The van der Waals surface area contributed by atoms with Crippen LogP contribution in [0.25, 0.3) is 0 Å². The van der Waals surface area contributed by atoms with Crippen LogP contribution in [0, 0.1) is 0 Å². The van der Waals surface area contributed by atoms with Crippen LogP contribution in [0.2, 0.25) is 0 Å². The molecule has 0 saturated heterocycles. The van der Waals surface area contributed by atoms with Gasteiger partial charge >= 0.3 is 0 Å². The van der Waals surface area contributed by atoms with Crippen molar-refractivity contribution < 1.29 is 0 Å². The van der Waals surface area contributed by atoms with E-state index in [1.807, 2.05) is 156 Å². The van der Waals surface area contributed by atoms with Crippen LogP contribution >= 0.6 is 74.4 Å². The molecule has 0 spiro atoms. The quantitative estimate of drug-likeness (QED) is 0.439. The fourth-order valence-electron chi connectivity index (χ4n) is 0. The zero-order valence-electron chi connectivity index (χ0n) is 23.1. The van der Waals surface area contributed by atoms with Crippen molar-refractivity contribution in [3.05, 3.63) is 0 Å². The summed E-state index contributed by atoms with van der Waals surface area (Å²) in [6.45, 7) is 0. The van der Waals surface area contributed by atoms with Gasteiger partial charge in [-0.15, -0.1) is 74.4 Å². The van der Waals surface area contributed by atoms with E-state index in [4.69, 9.17) is 0 Å². The van der Waals surface area contributed by atoms with E-state index in [1.54, 1.807) is 0 Å². The van der Waals surface area contributed by atoms with Crippen molar-refractivity contribution in [2.45, 2.75) is 0 Å². The molecule has 0 fully saturated rings. The maximum atomic E-state index is 2.00. The van der Waals surface area contributed by atoms with E-state index in [1.165, 1.54) is 0 Å². The minimum Gasteiger partial charge on any atom is -0.312 e. The van der Waals surface area contributed by atoms with E-state index < -0.39 is 0 Å². The van der Waals surface area contributed by atoms with Crippen LogP contribution in [-0.4, -0.2) is 156 Å². The maximum Gasteiger partial charge on any atom is -0.0140 e. The van der Waals surface area contributed by atoms with Crippen LogP contribution in [0.5, 0.6) is 0 Å². The molecule has 0 aromatic carbocycles. The van der Waals surface area contributed by atoms with Crippen molar-refractivity contribution in [2.75, 3.05) is 127 Å². The molecule has 12 heteroatoms. The largest absolute Gasteiger partial charge is 0.312 e. The molecular weight excluding hydrogens is 513 g/mol. The molecule has 0 saturated carbocycles. The van der Waals surface area contributed by atoms with Gasteiger partial charge in [0.1, 0.15) is 0 Å². The first-order valence-corrected chi connectivity index (χ1v) is 8.05. The van der Waals surface area contributed by atoms with Gasteiger partial charge < -0.3 is 29.4 Å². The van der Waals surface area contributed by atoms with Gasteiger partial charge in [-0.3, -0.25) is 0 Å². The lowest BCUT2D eigenvalue weighted by Gasteiger charge is -1.90. The topological polar surface area (TPSA) is 19.4 Å². The Morgan fingerprint density at radius 3 is 0.167 bits per heavy atom. The Labute approximate surface area is 229 Å². The lowest BCUT2D eigenvalue weighted by molar-refractivity contribution is 0.505. The van der Waals surface area contributed by atoms with Crippen LogP contribution < -0.4 is 0 Å². The van der Waals surface area contributed by atoms with E-state index in [2.05, 4.69) is 0 Å². The average molecular weight is 573 g/mol. The molecule has 0 aliphatic carbocycles. The predicted octanol–water partition coefficient (Wildman–Crippen LogP) is 3.60. The molecule has 0 rings (SSSR count). The van der Waals surface area contributed by atoms with Crippen LogP contribution in [-0.2, 0) is 0 Å². The van der Waals surface area contributed by atoms with Crippen molar-refractivity contribution in [3.63, 3.8) is 0 Å². The summed E-state index contributed by atoms with van der Waals surface area (Å²) in [5.41, 5.74) is 0. The van der Waals surface area contributed by atoms with Gasteiger partial charge in [-0.2, -0.15) is 0 Å². The van der Waals surface area contributed by atoms with Crippen LogP contribution in [0.1, 0.15) is 0 Å². The van der Waals surface area contributed by atoms with Crippen LogP contribution in [0.3, 0.4) is 0 Å². The molecule has 0 atom stereocenters. The van der Waals surface area contributed by atoms with Crippen molar-refractivity contribution in [1.82, 2.24) is 29.4 Å². The zero-order chi connectivity index (χ0) is 21.5. The van der Waals surface area contributed by atoms with Gasteiger partial charge in [-0.1, -0.05) is 0 Å². The third kappa shape index (κ3) is 10600. The summed E-state index contributed by atoms with van der Waals surface area (Å²) in [5, 5.41) is 0. The normalized spacial score (nSPS) is 7.20. The summed E-state index contributed by atoms with van der Waals surface area (Å²) in [6, 6.07) is 0. The Morgan fingerprint density at radius 1 is 0.167 bits per heavy atom. The average Bonchev–Trinajstić information content (AvgIpc) is 2.08. The predicted molar refractivity (Wildman–Crippen MR) is 161 cm³/mol. The first-order chi connectivity index (χ1) is 10.4. The second-order valence-corrected chi connectivity index (χ2v) is 8.05. The number of hydrogen-bond donors (Lipinski definition) is 0. The highest BCUT2D eigenvalue weighted by Crippen LogP contribution is 1.49. The zero-order valence-corrected chi connectivity index (χ0v) is 28.0. The second kappa shape index (κ2) is 69.8. The third-order valence-corrected chi connectivity index (χ3v) is 0. The van der Waals surface area contributed by atoms with Crippen molar-refractivity contribution in [1.29, 1.82) is 0 Å². The molecule has 0 unspecified atom stereocenters. The van der Waals surface area contributed by atoms with E-state index >= 15 is 0 Å². The minimum absolute atomic E-state index is 0. The lowest BCUT2D eigenvalue weighted by Crippen LogP contribution is -1.99. The smallest absolute Gasteiger partial charge is 0.0140 e. The Morgan fingerprint density at radius 2 is 0.167 bits per heavy atom. The Hall–Kier alpha value is 1.50. The minimum atomic E-state index is 0. The maximum absolute atomic E-state index is 2.00. The summed E-state index contributed by atoms with van der Waals surface area (Å²) < 4.78 is 0. The second-order valence-electron chi connectivity index (χ2n) is 8.05. The highest BCUT2D eigenvalue weighted by molar-refractivity contribution is 5.86. The monoisotopic (exact) mass is 570 g/mol. The standard InChI is InChI=1S/6C3H9N.6ClH/c6*1-4(2)3;;;;;;/h6*1-3H3;6*1H. The molecule has 0 aromatic rings. The first-order valence-electron chi connectivity index (χ1n) is 8.05. The van der Waals surface area contributed by atoms with E-state index in [9.17, 15) is 0 Å². The molecule has 0 bridgehead atoms. The molecule has 0 radical (unpaired) electrons. The third-order valence-electron chi connectivity index (χ3n) is 0. The van der Waals surface area contributed by atoms with E-state index in [0.717, 1.165) is 0 Å². The van der Waals surface area contributed by atoms with Crippen molar-refractivity contribution in [2.24, 2.45) is 0 Å².